The second-order valence-corrected chi connectivity index (χ2v) is 35.7. The summed E-state index contributed by atoms with van der Waals surface area (Å²) in [5.41, 5.74) is 5.39. The number of esters is 3. The fourth-order valence-electron chi connectivity index (χ4n) is 13.7. The number of aliphatic carboxylic acids is 2. The van der Waals surface area contributed by atoms with Gasteiger partial charge in [0.25, 0.3) is 5.91 Å². The Morgan fingerprint density at radius 2 is 0.769 bits per heavy atom. The number of amides is 12. The molecule has 8 fully saturated rings. The predicted octanol–water partition coefficient (Wildman–Crippen LogP) is 0.459. The largest absolute Gasteiger partial charge is 1.00 e. The van der Waals surface area contributed by atoms with Crippen LogP contribution < -0.4 is 34.5 Å². The zero-order valence-electron chi connectivity index (χ0n) is 69.7. The van der Waals surface area contributed by atoms with Gasteiger partial charge < -0.3 is 87.8 Å². The normalized spacial score (nSPS) is 26.9. The Kier molecular flexibility index (Phi) is 35.4. The molecule has 8 saturated heterocycles. The molecule has 0 aromatic carbocycles. The van der Waals surface area contributed by atoms with Gasteiger partial charge in [0.2, 0.25) is 47.3 Å². The fraction of sp³-hybridized carbons (Fsp3) is 0.750. The molecule has 0 aromatic heterocycles. The Morgan fingerprint density at radius 1 is 0.444 bits per heavy atom. The first kappa shape index (κ1) is 101. The van der Waals surface area contributed by atoms with Crippen LogP contribution in [-0.2, 0) is 95.5 Å². The number of likely N-dealkylation sites (tertiary alicyclic amines) is 6. The minimum atomic E-state index is -1.46. The molecule has 117 heavy (non-hydrogen) atoms. The molecule has 12 amide bonds. The second kappa shape index (κ2) is 40.9. The Labute approximate surface area is 683 Å². The van der Waals surface area contributed by atoms with Crippen molar-refractivity contribution in [2.24, 2.45) is 41.1 Å². The van der Waals surface area contributed by atoms with Gasteiger partial charge in [-0.15, -0.1) is 0 Å². The molecule has 8 heterocycles. The molecule has 9 N–H and O–H groups in total. The van der Waals surface area contributed by atoms with E-state index >= 15 is 0 Å². The summed E-state index contributed by atoms with van der Waals surface area (Å²) in [6.45, 7) is 31.9. The van der Waals surface area contributed by atoms with Crippen molar-refractivity contribution in [2.75, 3.05) is 26.2 Å². The van der Waals surface area contributed by atoms with Crippen LogP contribution in [0.1, 0.15) is 209 Å². The number of quaternary nitrogens is 1. The molecule has 8 aliphatic rings. The lowest BCUT2D eigenvalue weighted by molar-refractivity contribution is -0.659. The molecule has 37 nitrogen and oxygen atoms in total. The van der Waals surface area contributed by atoms with Crippen LogP contribution in [0.4, 0.5) is 27.6 Å². The summed E-state index contributed by atoms with van der Waals surface area (Å²) in [5, 5.41) is 40.5. The molecule has 16 atom stereocenters. The lowest BCUT2D eigenvalue weighted by Gasteiger charge is -2.30. The molecule has 41 heteroatoms. The minimum absolute atomic E-state index is 0. The third kappa shape index (κ3) is 30.8. The van der Waals surface area contributed by atoms with Gasteiger partial charge in [-0.2, -0.15) is 10.5 Å². The number of carboxylic acid groups (broad SMARTS) is 2. The second-order valence-electron chi connectivity index (χ2n) is 35.7. The molecule has 0 radical (unpaired) electrons. The number of ether oxygens (including phenoxy) is 6. The number of nitrogens with zero attached hydrogens (tertiary/aromatic N) is 8. The van der Waals surface area contributed by atoms with Crippen molar-refractivity contribution < 1.29 is 151 Å². The van der Waals surface area contributed by atoms with E-state index in [1.165, 1.54) is 0 Å². The standard InChI is InChI=1S/C21H32FN3O7.C21H30FN3O6.C16H25NO7.C12H14FN3O4.C6H12N2O.ClH/c1-20(2,3)31-15(26)8-11-7-14(25(17(11)28)19(30)32-21(4,5)6)18(29)24-10-12(22)9-13(24)16(23)27;1-20(2,3)30-16(26)8-12-7-15(18(28)24-11-13(22)9-14(24)10-23)25(17(12)27)19(29)31-21(4,5)6;1-15(2,3)23-11(18)8-9-7-10(13(20)21)17(12(9)19)14(22)24-16(4,5)6;13-7-3-8(4-14)16(5-7)12(20)9-1-6(2-10(17)18)11(19)15-9;1-4-2-5(6(7)9)8-3-4;/h11-14H,7-10H2,1-6H3,(H2,23,27);12-15H,7-9,11H2,1-6H3;9-10H,7-8H2,1-6H3,(H,20,21);6-9H,1-3,5H2,(H,15,19)(H,17,18);4-5,8H,2-3H2,1H3,(H2,7,9);1H/t11-,12-,13-,14-;12-,13-,14-,15-;9-,10-;6-,7-,8-,9-;4-,5-;/m00000./s1. The summed E-state index contributed by atoms with van der Waals surface area (Å²) in [7, 11) is 0. The highest BCUT2D eigenvalue weighted by molar-refractivity contribution is 6.05. The minimum Gasteiger partial charge on any atom is -1.00 e. The lowest BCUT2D eigenvalue weighted by Crippen LogP contribution is -3.00. The van der Waals surface area contributed by atoms with Gasteiger partial charge in [0, 0.05) is 31.6 Å². The van der Waals surface area contributed by atoms with Crippen LogP contribution in [0.3, 0.4) is 0 Å². The van der Waals surface area contributed by atoms with Gasteiger partial charge in [0.1, 0.15) is 94.4 Å². The third-order valence-electron chi connectivity index (χ3n) is 18.3. The summed E-state index contributed by atoms with van der Waals surface area (Å²) in [5.74, 6) is -13.1. The van der Waals surface area contributed by atoms with E-state index in [4.69, 9.17) is 50.3 Å². The molecule has 8 rings (SSSR count). The van der Waals surface area contributed by atoms with E-state index < -0.39 is 213 Å². The van der Waals surface area contributed by atoms with Crippen molar-refractivity contribution in [1.29, 1.82) is 10.5 Å². The average Bonchev–Trinajstić information content (AvgIpc) is 1.63. The Balaban J connectivity index is 0.000000392. The van der Waals surface area contributed by atoms with Crippen LogP contribution in [0.15, 0.2) is 0 Å². The number of nitrogens with one attached hydrogen (secondary N) is 1. The van der Waals surface area contributed by atoms with Crippen LogP contribution in [0, 0.1) is 52.3 Å². The van der Waals surface area contributed by atoms with Crippen LogP contribution in [0.2, 0.25) is 0 Å². The van der Waals surface area contributed by atoms with Crippen molar-refractivity contribution in [3.63, 3.8) is 0 Å². The average molecular weight is 1690 g/mol. The zero-order valence-corrected chi connectivity index (χ0v) is 70.4. The van der Waals surface area contributed by atoms with Gasteiger partial charge in [0.05, 0.1) is 87.7 Å². The number of imide groups is 3. The van der Waals surface area contributed by atoms with E-state index in [0.717, 1.165) is 27.7 Å². The topological polar surface area (TPSA) is 534 Å². The molecule has 0 spiro atoms. The summed E-state index contributed by atoms with van der Waals surface area (Å²) in [4.78, 5) is 212. The molecular weight excluding hydrogens is 1570 g/mol. The van der Waals surface area contributed by atoms with E-state index in [-0.39, 0.29) is 115 Å². The number of rotatable bonds is 14. The molecule has 0 unspecified atom stereocenters. The fourth-order valence-corrected chi connectivity index (χ4v) is 13.7. The Hall–Kier alpha value is -9.99. The lowest BCUT2D eigenvalue weighted by atomic mass is 10.0. The molecule has 0 saturated carbocycles. The van der Waals surface area contributed by atoms with Crippen LogP contribution in [0.5, 0.6) is 0 Å². The zero-order chi connectivity index (χ0) is 88.9. The van der Waals surface area contributed by atoms with E-state index in [1.807, 2.05) is 17.5 Å². The first-order valence-electron chi connectivity index (χ1n) is 38.1. The highest BCUT2D eigenvalue weighted by Gasteiger charge is 2.56. The highest BCUT2D eigenvalue weighted by Crippen LogP contribution is 2.37. The summed E-state index contributed by atoms with van der Waals surface area (Å²) in [6.07, 6.45) is -8.30. The number of carbonyl (C=O) groups is 17. The number of nitrogens with two attached hydrogens (primary N) is 3. The number of nitriles is 2. The number of halogens is 4. The molecular formula is C76H114ClF3N12O25. The smallest absolute Gasteiger partial charge is 0.417 e. The van der Waals surface area contributed by atoms with Crippen LogP contribution >= 0.6 is 0 Å². The van der Waals surface area contributed by atoms with Crippen LogP contribution in [-0.4, -0.2) is 268 Å². The molecule has 656 valence electrons. The van der Waals surface area contributed by atoms with Crippen LogP contribution in [0.25, 0.3) is 0 Å². The molecule has 0 aliphatic carbocycles. The molecule has 8 aliphatic heterocycles. The summed E-state index contributed by atoms with van der Waals surface area (Å²) < 4.78 is 72.4. The number of carboxylic acids is 2. The van der Waals surface area contributed by atoms with Gasteiger partial charge in [-0.3, -0.25) is 62.3 Å². The summed E-state index contributed by atoms with van der Waals surface area (Å²) in [6, 6.07) is -4.04. The van der Waals surface area contributed by atoms with Gasteiger partial charge in [0.15, 0.2) is 6.04 Å². The molecule has 0 bridgehead atoms. The number of hydrogen-bond acceptors (Lipinski definition) is 25. The Bertz CT molecular complexity index is 3820. The maximum Gasteiger partial charge on any atom is 0.417 e. The molecule has 0 aromatic rings. The SMILES string of the molecule is CC(C)(C)OC(=O)C[C@@H]1C[C@@H](C(=O)N2C[C@@H](F)C[C@H]2C#N)N(C(=O)OC(C)(C)C)C1=O.CC(C)(C)OC(=O)C[C@@H]1C[C@@H](C(=O)N2C[C@@H](F)C[C@H]2C(N)=O)N(C(=O)OC(C)(C)C)C1=O.CC(C)(C)OC(=O)C[C@@H]1C[C@@H](C(=O)O)N(C(=O)OC(C)(C)C)C1=O.C[C@@H]1C[NH2+][C@H](C(N)=O)C1.N#C[C@@H]1C[C@H](F)CN1C(=O)[C@@H]1C[C@@H](CC(=O)O)C(=O)N1.[Cl-]. The van der Waals surface area contributed by atoms with Gasteiger partial charge in [-0.05, 0) is 150 Å². The monoisotopic (exact) mass is 1690 g/mol. The summed E-state index contributed by atoms with van der Waals surface area (Å²) >= 11 is 0. The van der Waals surface area contributed by atoms with E-state index in [0.29, 0.717) is 20.6 Å². The highest BCUT2D eigenvalue weighted by atomic mass is 35.5. The Morgan fingerprint density at radius 3 is 1.07 bits per heavy atom. The van der Waals surface area contributed by atoms with E-state index in [2.05, 4.69) is 12.2 Å². The first-order chi connectivity index (χ1) is 52.9. The third-order valence-corrected chi connectivity index (χ3v) is 18.3. The predicted molar refractivity (Wildman–Crippen MR) is 395 cm³/mol. The van der Waals surface area contributed by atoms with Crippen molar-refractivity contribution in [1.82, 2.24) is 34.7 Å². The van der Waals surface area contributed by atoms with E-state index in [1.54, 1.807) is 125 Å². The number of alkyl halides is 3. The van der Waals surface area contributed by atoms with E-state index in [9.17, 15) is 105 Å². The number of primary amides is 2. The van der Waals surface area contributed by atoms with Crippen molar-refractivity contribution >= 4 is 101 Å². The first-order valence-corrected chi connectivity index (χ1v) is 38.1. The van der Waals surface area contributed by atoms with Crippen molar-refractivity contribution in [3.8, 4) is 12.1 Å². The maximum absolute atomic E-state index is 14.0. The maximum atomic E-state index is 14.0. The number of carbonyl (C=O) groups excluding carboxylic acids is 15. The van der Waals surface area contributed by atoms with Crippen molar-refractivity contribution in [2.45, 2.75) is 309 Å². The van der Waals surface area contributed by atoms with Gasteiger partial charge in [-0.1, -0.05) is 6.92 Å². The quantitative estimate of drug-likeness (QED) is 0.102. The van der Waals surface area contributed by atoms with Crippen molar-refractivity contribution in [3.05, 3.63) is 0 Å². The number of hydrogen-bond donors (Lipinski definition) is 6. The van der Waals surface area contributed by atoms with Gasteiger partial charge >= 0.3 is 48.1 Å². The van der Waals surface area contributed by atoms with Gasteiger partial charge in [-0.25, -0.2) is 47.0 Å².